The van der Waals surface area contributed by atoms with Crippen LogP contribution in [0.2, 0.25) is 0 Å². The molecule has 0 aromatic carbocycles. The molecule has 1 spiro atoms. The molecule has 3 saturated heterocycles. The molecule has 0 N–H and O–H groups in total. The van der Waals surface area contributed by atoms with Crippen LogP contribution in [0.25, 0.3) is 0 Å². The second kappa shape index (κ2) is 3.46. The summed E-state index contributed by atoms with van der Waals surface area (Å²) in [7, 11) is 2.29. The standard InChI is InChI=1S/C14H24N2O/c1-15-7-12-5-13(6-12,8-15)9-16-10-14(17-11-16)3-2-4-14/h12H,2-11H2,1H3. The molecule has 0 unspecified atom stereocenters. The third kappa shape index (κ3) is 1.66. The van der Waals surface area contributed by atoms with Gasteiger partial charge in [-0.05, 0) is 50.5 Å². The highest BCUT2D eigenvalue weighted by molar-refractivity contribution is 5.04. The van der Waals surface area contributed by atoms with Gasteiger partial charge in [0.1, 0.15) is 0 Å². The van der Waals surface area contributed by atoms with Gasteiger partial charge in [-0.25, -0.2) is 0 Å². The number of hydrogen-bond acceptors (Lipinski definition) is 3. The quantitative estimate of drug-likeness (QED) is 0.723. The first-order chi connectivity index (χ1) is 8.17. The lowest BCUT2D eigenvalue weighted by Crippen LogP contribution is -2.59. The van der Waals surface area contributed by atoms with E-state index in [0.29, 0.717) is 11.0 Å². The highest BCUT2D eigenvalue weighted by atomic mass is 16.5. The predicted molar refractivity (Wildman–Crippen MR) is 66.8 cm³/mol. The molecule has 3 nitrogen and oxygen atoms in total. The minimum atomic E-state index is 0.292. The van der Waals surface area contributed by atoms with E-state index in [9.17, 15) is 0 Å². The van der Waals surface area contributed by atoms with Crippen molar-refractivity contribution in [1.29, 1.82) is 0 Å². The van der Waals surface area contributed by atoms with Crippen molar-refractivity contribution in [1.82, 2.24) is 9.80 Å². The minimum absolute atomic E-state index is 0.292. The Morgan fingerprint density at radius 3 is 2.65 bits per heavy atom. The zero-order chi connectivity index (χ0) is 11.5. The number of hydrogen-bond donors (Lipinski definition) is 0. The Morgan fingerprint density at radius 2 is 2.06 bits per heavy atom. The summed E-state index contributed by atoms with van der Waals surface area (Å²) in [6.45, 7) is 6.05. The van der Waals surface area contributed by atoms with Crippen LogP contribution in [0.15, 0.2) is 0 Å². The summed E-state index contributed by atoms with van der Waals surface area (Å²) < 4.78 is 6.03. The van der Waals surface area contributed by atoms with Gasteiger partial charge >= 0.3 is 0 Å². The summed E-state index contributed by atoms with van der Waals surface area (Å²) >= 11 is 0. The third-order valence-electron chi connectivity index (χ3n) is 5.51. The van der Waals surface area contributed by atoms with E-state index in [1.165, 1.54) is 58.3 Å². The minimum Gasteiger partial charge on any atom is -0.358 e. The monoisotopic (exact) mass is 236 g/mol. The van der Waals surface area contributed by atoms with Crippen molar-refractivity contribution in [2.45, 2.75) is 37.7 Å². The maximum atomic E-state index is 6.03. The number of rotatable bonds is 2. The van der Waals surface area contributed by atoms with E-state index in [1.54, 1.807) is 0 Å². The van der Waals surface area contributed by atoms with Crippen molar-refractivity contribution in [2.75, 3.05) is 40.0 Å². The van der Waals surface area contributed by atoms with Gasteiger partial charge in [-0.3, -0.25) is 4.90 Å². The van der Waals surface area contributed by atoms with Crippen molar-refractivity contribution in [2.24, 2.45) is 11.3 Å². The van der Waals surface area contributed by atoms with Crippen LogP contribution in [0.5, 0.6) is 0 Å². The predicted octanol–water partition coefficient (Wildman–Crippen LogP) is 1.54. The molecule has 3 aliphatic heterocycles. The molecule has 0 atom stereocenters. The van der Waals surface area contributed by atoms with Gasteiger partial charge in [0.05, 0.1) is 12.3 Å². The molecular weight excluding hydrogens is 212 g/mol. The van der Waals surface area contributed by atoms with Crippen LogP contribution in [-0.2, 0) is 4.74 Å². The number of nitrogens with zero attached hydrogens (tertiary/aromatic N) is 2. The summed E-state index contributed by atoms with van der Waals surface area (Å²) in [5, 5.41) is 0. The highest BCUT2D eigenvalue weighted by Crippen LogP contribution is 2.51. The van der Waals surface area contributed by atoms with Gasteiger partial charge in [-0.2, -0.15) is 0 Å². The maximum absolute atomic E-state index is 6.03. The molecule has 0 radical (unpaired) electrons. The first kappa shape index (κ1) is 10.8. The molecule has 3 heterocycles. The molecule has 2 bridgehead atoms. The molecule has 3 heteroatoms. The maximum Gasteiger partial charge on any atom is 0.0999 e. The summed E-state index contributed by atoms with van der Waals surface area (Å²) in [5.41, 5.74) is 0.913. The molecule has 5 fully saturated rings. The van der Waals surface area contributed by atoms with Gasteiger partial charge in [0.15, 0.2) is 0 Å². The average Bonchev–Trinajstić information content (AvgIpc) is 2.59. The summed E-state index contributed by atoms with van der Waals surface area (Å²) in [5.74, 6) is 0.995. The normalized spacial score (nSPS) is 44.6. The Hall–Kier alpha value is -0.120. The molecule has 0 amide bonds. The van der Waals surface area contributed by atoms with Gasteiger partial charge in [0, 0.05) is 26.2 Å². The number of fused-ring (bicyclic) bond motifs is 2. The van der Waals surface area contributed by atoms with E-state index in [-0.39, 0.29) is 0 Å². The molecular formula is C14H24N2O. The molecule has 0 aromatic rings. The van der Waals surface area contributed by atoms with E-state index in [2.05, 4.69) is 16.8 Å². The SMILES string of the molecule is CN1CC2CC(CN3COC4(CCC4)C3)(C2)C1. The molecule has 2 aliphatic carbocycles. The summed E-state index contributed by atoms with van der Waals surface area (Å²) in [4.78, 5) is 5.13. The summed E-state index contributed by atoms with van der Waals surface area (Å²) in [6, 6.07) is 0. The number of ether oxygens (including phenoxy) is 1. The van der Waals surface area contributed by atoms with Crippen LogP contribution in [0.1, 0.15) is 32.1 Å². The highest BCUT2D eigenvalue weighted by Gasteiger charge is 2.52. The Morgan fingerprint density at radius 1 is 1.24 bits per heavy atom. The molecule has 5 rings (SSSR count). The van der Waals surface area contributed by atoms with Gasteiger partial charge in [-0.15, -0.1) is 0 Å². The van der Waals surface area contributed by atoms with Crippen LogP contribution in [0.4, 0.5) is 0 Å². The second-order valence-corrected chi connectivity index (χ2v) is 7.27. The smallest absolute Gasteiger partial charge is 0.0999 e. The van der Waals surface area contributed by atoms with E-state index in [4.69, 9.17) is 4.74 Å². The van der Waals surface area contributed by atoms with Crippen molar-refractivity contribution in [3.8, 4) is 0 Å². The van der Waals surface area contributed by atoms with E-state index in [0.717, 1.165) is 12.6 Å². The fraction of sp³-hybridized carbons (Fsp3) is 1.00. The Labute approximate surface area is 104 Å². The van der Waals surface area contributed by atoms with Gasteiger partial charge < -0.3 is 9.64 Å². The van der Waals surface area contributed by atoms with E-state index in [1.807, 2.05) is 0 Å². The Bertz CT molecular complexity index is 320. The first-order valence-corrected chi connectivity index (χ1v) is 7.22. The van der Waals surface area contributed by atoms with Crippen molar-refractivity contribution < 1.29 is 4.74 Å². The van der Waals surface area contributed by atoms with E-state index >= 15 is 0 Å². The van der Waals surface area contributed by atoms with Crippen LogP contribution < -0.4 is 0 Å². The molecule has 2 saturated carbocycles. The second-order valence-electron chi connectivity index (χ2n) is 7.27. The third-order valence-corrected chi connectivity index (χ3v) is 5.51. The van der Waals surface area contributed by atoms with E-state index < -0.39 is 0 Å². The number of piperidine rings is 2. The topological polar surface area (TPSA) is 15.7 Å². The average molecular weight is 236 g/mol. The zero-order valence-corrected chi connectivity index (χ0v) is 11.0. The molecule has 5 aliphatic rings. The largest absolute Gasteiger partial charge is 0.358 e. The lowest BCUT2D eigenvalue weighted by atomic mass is 9.58. The van der Waals surface area contributed by atoms with Crippen molar-refractivity contribution in [3.05, 3.63) is 0 Å². The fourth-order valence-electron chi connectivity index (χ4n) is 4.86. The fourth-order valence-corrected chi connectivity index (χ4v) is 4.86. The Balaban J connectivity index is 1.38. The zero-order valence-electron chi connectivity index (χ0n) is 11.0. The van der Waals surface area contributed by atoms with Crippen molar-refractivity contribution >= 4 is 0 Å². The van der Waals surface area contributed by atoms with Crippen LogP contribution in [0.3, 0.4) is 0 Å². The lowest BCUT2D eigenvalue weighted by Gasteiger charge is -2.57. The van der Waals surface area contributed by atoms with Crippen LogP contribution in [-0.4, -0.2) is 55.4 Å². The van der Waals surface area contributed by atoms with Gasteiger partial charge in [-0.1, -0.05) is 0 Å². The summed E-state index contributed by atoms with van der Waals surface area (Å²) in [6.07, 6.45) is 6.93. The molecule has 17 heavy (non-hydrogen) atoms. The van der Waals surface area contributed by atoms with Gasteiger partial charge in [0.2, 0.25) is 0 Å². The van der Waals surface area contributed by atoms with Crippen LogP contribution >= 0.6 is 0 Å². The van der Waals surface area contributed by atoms with Crippen molar-refractivity contribution in [3.63, 3.8) is 0 Å². The lowest BCUT2D eigenvalue weighted by molar-refractivity contribution is -0.0757. The van der Waals surface area contributed by atoms with Crippen LogP contribution in [0, 0.1) is 11.3 Å². The Kier molecular flexibility index (Phi) is 2.19. The van der Waals surface area contributed by atoms with Gasteiger partial charge in [0.25, 0.3) is 0 Å². The molecule has 96 valence electrons. The molecule has 0 aromatic heterocycles. The first-order valence-electron chi connectivity index (χ1n) is 7.22.